The Hall–Kier alpha value is -2.30. The molecule has 0 amide bonds. The molecule has 11 N–H and O–H groups in total. The molecule has 24 nitrogen and oxygen atoms in total. The molecule has 0 radical (unpaired) electrons. The zero-order chi connectivity index (χ0) is 70.5. The molecule has 2 heterocycles. The first kappa shape index (κ1) is 87.9. The molecule has 25 heteroatoms. The number of rotatable bonds is 57. The summed E-state index contributed by atoms with van der Waals surface area (Å²) < 4.78 is 65.0. The van der Waals surface area contributed by atoms with E-state index >= 15 is 0 Å². The third-order valence-electron chi connectivity index (χ3n) is 18.7. The van der Waals surface area contributed by atoms with E-state index in [2.05, 4.69) is 39.8 Å². The average molecular weight is 1400 g/mol. The van der Waals surface area contributed by atoms with Crippen LogP contribution in [0.25, 0.3) is 0 Å². The molecule has 2 aliphatic heterocycles. The third-order valence-corrected chi connectivity index (χ3v) is 19.7. The van der Waals surface area contributed by atoms with Crippen molar-refractivity contribution >= 4 is 25.7 Å². The summed E-state index contributed by atoms with van der Waals surface area (Å²) in [7, 11) is -5.70. The van der Waals surface area contributed by atoms with Crippen molar-refractivity contribution in [1.82, 2.24) is 0 Å². The molecule has 19 atom stereocenters. The topological polar surface area (TPSA) is 374 Å². The van der Waals surface area contributed by atoms with E-state index in [1.54, 1.807) is 0 Å². The van der Waals surface area contributed by atoms with Gasteiger partial charge in [-0.1, -0.05) is 232 Å². The quantitative estimate of drug-likeness (QED) is 0.00886. The highest BCUT2D eigenvalue weighted by Crippen LogP contribution is 2.49. The average Bonchev–Trinajstić information content (AvgIpc) is 0.764. The van der Waals surface area contributed by atoms with Gasteiger partial charge in [0.25, 0.3) is 0 Å². The fourth-order valence-corrected chi connectivity index (χ4v) is 13.4. The highest BCUT2D eigenvalue weighted by molar-refractivity contribution is 7.47. The lowest BCUT2D eigenvalue weighted by molar-refractivity contribution is -0.360. The summed E-state index contributed by atoms with van der Waals surface area (Å²) in [5.74, 6) is -1.31. The predicted molar refractivity (Wildman–Crippen MR) is 361 cm³/mol. The van der Waals surface area contributed by atoms with Crippen LogP contribution in [0, 0.1) is 5.92 Å². The lowest BCUT2D eigenvalue weighted by Gasteiger charge is -2.49. The summed E-state index contributed by atoms with van der Waals surface area (Å²) in [6.45, 7) is 5.73. The Bertz CT molecular complexity index is 2060. The highest BCUT2D eigenvalue weighted by Gasteiger charge is 2.58. The van der Waals surface area contributed by atoms with Crippen molar-refractivity contribution in [2.24, 2.45) is 5.92 Å². The minimum absolute atomic E-state index is 0.0291. The Morgan fingerprint density at radius 1 is 0.427 bits per heavy atom. The smallest absolute Gasteiger partial charge is 0.463 e. The maximum atomic E-state index is 14.3. The van der Waals surface area contributed by atoms with Gasteiger partial charge in [0.2, 0.25) is 0 Å². The van der Waals surface area contributed by atoms with Gasteiger partial charge in [0.15, 0.2) is 18.7 Å². The molecular formula is C71H131O24P. The molecule has 3 rings (SSSR count). The Balaban J connectivity index is 1.74. The van der Waals surface area contributed by atoms with Crippen LogP contribution in [-0.2, 0) is 61.2 Å². The largest absolute Gasteiger partial charge is 0.472 e. The van der Waals surface area contributed by atoms with Gasteiger partial charge in [-0.2, -0.15) is 0 Å². The minimum atomic E-state index is -5.70. The van der Waals surface area contributed by atoms with Gasteiger partial charge in [-0.3, -0.25) is 23.4 Å². The molecule has 564 valence electrons. The van der Waals surface area contributed by atoms with Gasteiger partial charge in [0, 0.05) is 19.3 Å². The van der Waals surface area contributed by atoms with Gasteiger partial charge < -0.3 is 89.1 Å². The van der Waals surface area contributed by atoms with E-state index in [9.17, 15) is 74.9 Å². The fraction of sp³-hybridized carbons (Fsp3) is 0.930. The Morgan fingerprint density at radius 3 is 1.24 bits per heavy atom. The SMILES string of the molecule is CCCCCCCCC/C=C\CCCCCC(=O)OC(COC(=O)CCCCCCCCCCCCC)COP(=O)(O)OC1C(OC2OC(CO)C(O)C(O)C2O)C(O)C(O)C(O)C1OC1OC(COC(=O)CCCCCCCCC(C)CCCCCCCC)C(O)C(O)C1O. The van der Waals surface area contributed by atoms with E-state index in [1.165, 1.54) is 122 Å². The van der Waals surface area contributed by atoms with E-state index in [0.29, 0.717) is 31.6 Å². The second kappa shape index (κ2) is 52.6. The standard InChI is InChI=1S/C71H131O24P/c1-5-8-11-14-17-19-21-22-23-25-27-29-36-41-46-57(75)90-52(48-87-55(73)44-39-34-28-26-24-20-18-15-12-9-6-2)49-89-96(85,86)95-69-67(93-70-65(83)60(78)58(76)53(47-72)91-70)63(81)62(80)64(82)68(69)94-71-66(84)61(79)59(77)54(92-71)50-88-56(74)45-40-35-31-30-33-38-43-51(4)42-37-32-16-13-10-7-3/h23,25,51-54,58-72,76-84H,5-22,24,26-50H2,1-4H3,(H,85,86)/b25-23-. The molecular weight excluding hydrogens is 1270 g/mol. The lowest BCUT2D eigenvalue weighted by Crippen LogP contribution is -2.69. The summed E-state index contributed by atoms with van der Waals surface area (Å²) in [5.41, 5.74) is 0. The molecule has 0 bridgehead atoms. The number of phosphoric acid groups is 1. The summed E-state index contributed by atoms with van der Waals surface area (Å²) in [4.78, 5) is 50.9. The maximum absolute atomic E-state index is 14.3. The van der Waals surface area contributed by atoms with Crippen LogP contribution < -0.4 is 0 Å². The van der Waals surface area contributed by atoms with Gasteiger partial charge in [-0.05, 0) is 50.9 Å². The number of aliphatic hydroxyl groups is 10. The van der Waals surface area contributed by atoms with Gasteiger partial charge in [0.05, 0.1) is 13.2 Å². The second-order valence-electron chi connectivity index (χ2n) is 27.3. The van der Waals surface area contributed by atoms with Crippen LogP contribution in [0.4, 0.5) is 0 Å². The number of unbranched alkanes of at least 4 members (excludes halogenated alkanes) is 30. The molecule has 0 aromatic rings. The number of aliphatic hydroxyl groups excluding tert-OH is 10. The zero-order valence-corrected chi connectivity index (χ0v) is 59.7. The van der Waals surface area contributed by atoms with Crippen LogP contribution in [-0.4, -0.2) is 204 Å². The summed E-state index contributed by atoms with van der Waals surface area (Å²) in [5, 5.41) is 110. The fourth-order valence-electron chi connectivity index (χ4n) is 12.5. The molecule has 3 aliphatic rings. The van der Waals surface area contributed by atoms with Crippen LogP contribution in [0.2, 0.25) is 0 Å². The first-order chi connectivity index (χ1) is 46.2. The number of ether oxygens (including phenoxy) is 7. The van der Waals surface area contributed by atoms with Crippen LogP contribution in [0.3, 0.4) is 0 Å². The Labute approximate surface area is 573 Å². The zero-order valence-electron chi connectivity index (χ0n) is 58.8. The van der Waals surface area contributed by atoms with Crippen molar-refractivity contribution in [3.8, 4) is 0 Å². The van der Waals surface area contributed by atoms with Gasteiger partial charge >= 0.3 is 25.7 Å². The van der Waals surface area contributed by atoms with Gasteiger partial charge in [0.1, 0.15) is 98.7 Å². The molecule has 1 aliphatic carbocycles. The van der Waals surface area contributed by atoms with Crippen molar-refractivity contribution in [1.29, 1.82) is 0 Å². The molecule has 96 heavy (non-hydrogen) atoms. The van der Waals surface area contributed by atoms with Crippen molar-refractivity contribution in [2.75, 3.05) is 26.4 Å². The van der Waals surface area contributed by atoms with Gasteiger partial charge in [-0.25, -0.2) is 4.57 Å². The normalized spacial score (nSPS) is 28.3. The number of carbonyl (C=O) groups is 3. The van der Waals surface area contributed by atoms with Crippen LogP contribution >= 0.6 is 7.82 Å². The molecule has 0 aromatic carbocycles. The van der Waals surface area contributed by atoms with Crippen molar-refractivity contribution in [3.05, 3.63) is 12.2 Å². The van der Waals surface area contributed by atoms with E-state index < -0.39 is 156 Å². The van der Waals surface area contributed by atoms with E-state index in [0.717, 1.165) is 89.9 Å². The lowest BCUT2D eigenvalue weighted by atomic mass is 9.84. The predicted octanol–water partition coefficient (Wildman–Crippen LogP) is 9.82. The van der Waals surface area contributed by atoms with Crippen LogP contribution in [0.5, 0.6) is 0 Å². The van der Waals surface area contributed by atoms with Crippen LogP contribution in [0.1, 0.15) is 285 Å². The van der Waals surface area contributed by atoms with Crippen molar-refractivity contribution in [2.45, 2.75) is 389 Å². The summed E-state index contributed by atoms with van der Waals surface area (Å²) >= 11 is 0. The number of allylic oxidation sites excluding steroid dienone is 2. The summed E-state index contributed by atoms with van der Waals surface area (Å²) in [6.07, 6.45) is 8.73. The Kier molecular flexibility index (Phi) is 48.2. The van der Waals surface area contributed by atoms with Crippen LogP contribution in [0.15, 0.2) is 12.2 Å². The molecule has 19 unspecified atom stereocenters. The monoisotopic (exact) mass is 1400 g/mol. The van der Waals surface area contributed by atoms with E-state index in [-0.39, 0.29) is 19.3 Å². The second-order valence-corrected chi connectivity index (χ2v) is 28.7. The molecule has 0 aromatic heterocycles. The van der Waals surface area contributed by atoms with Crippen molar-refractivity contribution < 1.29 is 117 Å². The summed E-state index contributed by atoms with van der Waals surface area (Å²) in [6, 6.07) is 0. The third kappa shape index (κ3) is 36.0. The van der Waals surface area contributed by atoms with Gasteiger partial charge in [-0.15, -0.1) is 0 Å². The number of phosphoric ester groups is 1. The first-order valence-corrected chi connectivity index (χ1v) is 38.9. The minimum Gasteiger partial charge on any atom is -0.463 e. The molecule has 3 fully saturated rings. The molecule has 1 saturated carbocycles. The van der Waals surface area contributed by atoms with Crippen molar-refractivity contribution in [3.63, 3.8) is 0 Å². The molecule has 2 saturated heterocycles. The number of hydrogen-bond acceptors (Lipinski definition) is 23. The first-order valence-electron chi connectivity index (χ1n) is 37.4. The number of esters is 3. The number of hydrogen-bond donors (Lipinski definition) is 11. The molecule has 0 spiro atoms. The van der Waals surface area contributed by atoms with E-state index in [1.807, 2.05) is 0 Å². The highest BCUT2D eigenvalue weighted by atomic mass is 31.2. The maximum Gasteiger partial charge on any atom is 0.472 e. The Morgan fingerprint density at radius 2 is 0.792 bits per heavy atom. The number of carbonyl (C=O) groups excluding carboxylic acids is 3. The van der Waals surface area contributed by atoms with E-state index in [4.69, 9.17) is 42.2 Å².